The third-order valence-electron chi connectivity index (χ3n) is 5.37. The highest BCUT2D eigenvalue weighted by Gasteiger charge is 2.23. The van der Waals surface area contributed by atoms with E-state index in [1.54, 1.807) is 18.3 Å². The molecule has 0 aromatic carbocycles. The average Bonchev–Trinajstić information content (AvgIpc) is 3.39. The molecule has 0 fully saturated rings. The van der Waals surface area contributed by atoms with E-state index in [-0.39, 0.29) is 24.7 Å². The number of fused-ring (bicyclic) bond motifs is 1. The van der Waals surface area contributed by atoms with Crippen LogP contribution in [0.2, 0.25) is 0 Å². The summed E-state index contributed by atoms with van der Waals surface area (Å²) < 4.78 is 1.82. The van der Waals surface area contributed by atoms with Crippen LogP contribution in [0, 0.1) is 0 Å². The molecule has 1 amide bonds. The number of nitrogens with zero attached hydrogens (tertiary/aromatic N) is 2. The van der Waals surface area contributed by atoms with Gasteiger partial charge in [0.2, 0.25) is 5.95 Å². The second kappa shape index (κ2) is 10.3. The van der Waals surface area contributed by atoms with Gasteiger partial charge in [0.25, 0.3) is 11.5 Å². The van der Waals surface area contributed by atoms with E-state index in [0.29, 0.717) is 28.9 Å². The summed E-state index contributed by atoms with van der Waals surface area (Å²) >= 11 is 1.27. The lowest BCUT2D eigenvalue weighted by molar-refractivity contribution is -0.140. The van der Waals surface area contributed by atoms with E-state index in [1.165, 1.54) is 11.3 Å². The lowest BCUT2D eigenvalue weighted by Gasteiger charge is -2.14. The van der Waals surface area contributed by atoms with Crippen LogP contribution in [0.15, 0.2) is 29.2 Å². The first-order valence-corrected chi connectivity index (χ1v) is 11.2. The Bertz CT molecular complexity index is 1230. The number of aliphatic carboxylic acids is 2. The van der Waals surface area contributed by atoms with Crippen molar-refractivity contribution in [3.63, 3.8) is 0 Å². The Morgan fingerprint density at radius 1 is 1.24 bits per heavy atom. The second-order valence-electron chi connectivity index (χ2n) is 7.59. The normalized spacial score (nSPS) is 13.0. The van der Waals surface area contributed by atoms with Crippen molar-refractivity contribution < 1.29 is 24.6 Å². The summed E-state index contributed by atoms with van der Waals surface area (Å²) in [6.45, 7) is 2.59. The molecule has 0 spiro atoms. The maximum Gasteiger partial charge on any atom is 0.326 e. The van der Waals surface area contributed by atoms with Crippen LogP contribution < -0.4 is 16.6 Å². The number of nitrogens with one attached hydrogen (secondary N) is 2. The lowest BCUT2D eigenvalue weighted by atomic mass is 10.0. The molecule has 6 N–H and O–H groups in total. The summed E-state index contributed by atoms with van der Waals surface area (Å²) in [7, 11) is 0. The molecular weight excluding hydrogens is 450 g/mol. The number of aryl methyl sites for hydroxylation is 1. The number of carbonyl (C=O) groups is 3. The van der Waals surface area contributed by atoms with Crippen LogP contribution in [-0.2, 0) is 16.1 Å². The summed E-state index contributed by atoms with van der Waals surface area (Å²) in [5.74, 6) is -2.77. The first kappa shape index (κ1) is 24.0. The summed E-state index contributed by atoms with van der Waals surface area (Å²) in [6, 6.07) is 3.97. The first-order chi connectivity index (χ1) is 15.7. The molecule has 176 valence electrons. The van der Waals surface area contributed by atoms with Gasteiger partial charge in [-0.3, -0.25) is 14.4 Å². The first-order valence-electron chi connectivity index (χ1n) is 10.4. The highest BCUT2D eigenvalue weighted by atomic mass is 32.1. The van der Waals surface area contributed by atoms with Gasteiger partial charge in [-0.15, -0.1) is 11.3 Å². The molecule has 0 saturated heterocycles. The van der Waals surface area contributed by atoms with E-state index in [4.69, 9.17) is 10.8 Å². The standard InChI is InChI=1S/C21H25N5O6S/c1-2-11(7-9-26-10-8-12-17(26)19(30)25-21(22)24-12)14-4-5-15(33-14)18(29)23-13(20(31)32)3-6-16(27)28/h4-5,8,10-11,13H,2-3,6-7,9H2,1H3,(H,23,29)(H,27,28)(H,31,32)(H3,22,24,25,30)/t11?,13-/m0/s1. The average molecular weight is 476 g/mol. The van der Waals surface area contributed by atoms with Crippen LogP contribution >= 0.6 is 11.3 Å². The predicted molar refractivity (Wildman–Crippen MR) is 122 cm³/mol. The number of thiophene rings is 1. The molecule has 2 atom stereocenters. The van der Waals surface area contributed by atoms with Gasteiger partial charge in [0.1, 0.15) is 11.6 Å². The molecular formula is C21H25N5O6S. The lowest BCUT2D eigenvalue weighted by Crippen LogP contribution is -2.40. The van der Waals surface area contributed by atoms with Gasteiger partial charge in [-0.1, -0.05) is 6.92 Å². The van der Waals surface area contributed by atoms with E-state index in [1.807, 2.05) is 17.6 Å². The molecule has 0 radical (unpaired) electrons. The van der Waals surface area contributed by atoms with Crippen molar-refractivity contribution in [2.24, 2.45) is 0 Å². The molecule has 3 aromatic heterocycles. The van der Waals surface area contributed by atoms with Crippen molar-refractivity contribution in [2.45, 2.75) is 51.1 Å². The van der Waals surface area contributed by atoms with Crippen molar-refractivity contribution in [1.29, 1.82) is 0 Å². The molecule has 3 aromatic rings. The number of hydrogen-bond acceptors (Lipinski definition) is 7. The largest absolute Gasteiger partial charge is 0.481 e. The number of carboxylic acid groups (broad SMARTS) is 2. The summed E-state index contributed by atoms with van der Waals surface area (Å²) in [4.78, 5) is 54.7. The maximum atomic E-state index is 12.5. The van der Waals surface area contributed by atoms with Gasteiger partial charge in [0, 0.05) is 24.0 Å². The van der Waals surface area contributed by atoms with Crippen LogP contribution in [0.25, 0.3) is 11.0 Å². The number of aromatic nitrogens is 3. The molecule has 1 unspecified atom stereocenters. The van der Waals surface area contributed by atoms with Gasteiger partial charge >= 0.3 is 11.9 Å². The van der Waals surface area contributed by atoms with E-state index < -0.39 is 29.4 Å². The highest BCUT2D eigenvalue weighted by molar-refractivity contribution is 7.14. The van der Waals surface area contributed by atoms with Crippen molar-refractivity contribution in [3.05, 3.63) is 44.5 Å². The number of rotatable bonds is 11. The van der Waals surface area contributed by atoms with Gasteiger partial charge in [-0.2, -0.15) is 4.98 Å². The topological polar surface area (TPSA) is 180 Å². The quantitative estimate of drug-likeness (QED) is 0.279. The van der Waals surface area contributed by atoms with E-state index >= 15 is 0 Å². The Morgan fingerprint density at radius 2 is 2.00 bits per heavy atom. The number of hydrogen-bond donors (Lipinski definition) is 5. The zero-order valence-corrected chi connectivity index (χ0v) is 18.7. The number of amides is 1. The van der Waals surface area contributed by atoms with Crippen LogP contribution in [0.5, 0.6) is 0 Å². The smallest absolute Gasteiger partial charge is 0.326 e. The fraction of sp³-hybridized carbons (Fsp3) is 0.381. The van der Waals surface area contributed by atoms with Gasteiger partial charge in [0.05, 0.1) is 10.4 Å². The van der Waals surface area contributed by atoms with Crippen LogP contribution in [0.1, 0.15) is 53.1 Å². The number of carbonyl (C=O) groups excluding carboxylic acids is 1. The Kier molecular flexibility index (Phi) is 7.48. The molecule has 0 aliphatic rings. The van der Waals surface area contributed by atoms with Gasteiger partial charge in [0.15, 0.2) is 0 Å². The summed E-state index contributed by atoms with van der Waals surface area (Å²) in [5, 5.41) is 20.4. The number of nitrogens with two attached hydrogens (primary N) is 1. The molecule has 0 aliphatic carbocycles. The van der Waals surface area contributed by atoms with Crippen LogP contribution in [-0.4, -0.2) is 48.6 Å². The highest BCUT2D eigenvalue weighted by Crippen LogP contribution is 2.31. The molecule has 0 saturated carbocycles. The molecule has 3 rings (SSSR count). The SMILES string of the molecule is CCC(CCn1ccc2[nH]c(N)nc(=O)c21)c1ccc(C(=O)N[C@@H](CCC(=O)O)C(=O)O)s1. The number of H-pyrrole nitrogens is 1. The van der Waals surface area contributed by atoms with Crippen molar-refractivity contribution in [1.82, 2.24) is 19.9 Å². The number of nitrogen functional groups attached to an aromatic ring is 1. The molecule has 33 heavy (non-hydrogen) atoms. The Hall–Kier alpha value is -3.67. The third-order valence-corrected chi connectivity index (χ3v) is 6.61. The van der Waals surface area contributed by atoms with Crippen molar-refractivity contribution in [2.75, 3.05) is 5.73 Å². The monoisotopic (exact) mass is 475 g/mol. The number of anilines is 1. The zero-order valence-electron chi connectivity index (χ0n) is 17.9. The third kappa shape index (κ3) is 5.77. The predicted octanol–water partition coefficient (Wildman–Crippen LogP) is 2.00. The molecule has 11 nitrogen and oxygen atoms in total. The van der Waals surface area contributed by atoms with Gasteiger partial charge in [-0.25, -0.2) is 4.79 Å². The number of carboxylic acids is 2. The molecule has 0 bridgehead atoms. The van der Waals surface area contributed by atoms with Crippen LogP contribution in [0.3, 0.4) is 0 Å². The number of aromatic amines is 1. The van der Waals surface area contributed by atoms with Gasteiger partial charge in [-0.05, 0) is 43.4 Å². The Labute approximate surface area is 192 Å². The summed E-state index contributed by atoms with van der Waals surface area (Å²) in [6.07, 6.45) is 2.76. The van der Waals surface area contributed by atoms with Crippen LogP contribution in [0.4, 0.5) is 5.95 Å². The second-order valence-corrected chi connectivity index (χ2v) is 8.71. The molecule has 12 heteroatoms. The van der Waals surface area contributed by atoms with E-state index in [0.717, 1.165) is 11.3 Å². The van der Waals surface area contributed by atoms with Crippen molar-refractivity contribution in [3.8, 4) is 0 Å². The minimum absolute atomic E-state index is 0.0640. The van der Waals surface area contributed by atoms with Crippen molar-refractivity contribution >= 4 is 46.2 Å². The molecule has 3 heterocycles. The summed E-state index contributed by atoms with van der Waals surface area (Å²) in [5.41, 5.74) is 6.26. The molecule has 0 aliphatic heterocycles. The Balaban J connectivity index is 1.68. The minimum atomic E-state index is -1.28. The zero-order chi connectivity index (χ0) is 24.1. The Morgan fingerprint density at radius 3 is 2.67 bits per heavy atom. The fourth-order valence-electron chi connectivity index (χ4n) is 3.62. The maximum absolute atomic E-state index is 12.5. The van der Waals surface area contributed by atoms with E-state index in [9.17, 15) is 24.3 Å². The van der Waals surface area contributed by atoms with Gasteiger partial charge < -0.3 is 30.8 Å². The van der Waals surface area contributed by atoms with E-state index in [2.05, 4.69) is 15.3 Å². The minimum Gasteiger partial charge on any atom is -0.481 e. The fourth-order valence-corrected chi connectivity index (χ4v) is 4.75.